The summed E-state index contributed by atoms with van der Waals surface area (Å²) >= 11 is 6.10. The summed E-state index contributed by atoms with van der Waals surface area (Å²) < 4.78 is 5.02. The fourth-order valence-electron chi connectivity index (χ4n) is 1.57. The Labute approximate surface area is 92.0 Å². The summed E-state index contributed by atoms with van der Waals surface area (Å²) in [6.07, 6.45) is 1.81. The van der Waals surface area contributed by atoms with Crippen LogP contribution in [-0.2, 0) is 4.79 Å². The molecular formula is C11H10ClNO2. The third kappa shape index (κ3) is 1.70. The van der Waals surface area contributed by atoms with Crippen molar-refractivity contribution >= 4 is 28.5 Å². The molecule has 0 bridgehead atoms. The van der Waals surface area contributed by atoms with E-state index in [1.54, 1.807) is 12.3 Å². The standard InChI is InChI=1S/C11H10ClNO2/c1-6-5-9(15-7(2)14)10(12)8-3-4-13-11(6)8/h3-5,13H,1-2H3. The van der Waals surface area contributed by atoms with Gasteiger partial charge in [0.25, 0.3) is 0 Å². The van der Waals surface area contributed by atoms with Gasteiger partial charge in [0, 0.05) is 18.5 Å². The Morgan fingerprint density at radius 2 is 2.27 bits per heavy atom. The Kier molecular flexibility index (Phi) is 2.40. The molecule has 4 heteroatoms. The normalized spacial score (nSPS) is 10.6. The van der Waals surface area contributed by atoms with Gasteiger partial charge in [-0.05, 0) is 24.6 Å². The molecule has 1 aromatic heterocycles. The highest BCUT2D eigenvalue weighted by molar-refractivity contribution is 6.37. The van der Waals surface area contributed by atoms with Crippen molar-refractivity contribution in [2.75, 3.05) is 0 Å². The van der Waals surface area contributed by atoms with E-state index in [1.807, 2.05) is 13.0 Å². The van der Waals surface area contributed by atoms with E-state index >= 15 is 0 Å². The lowest BCUT2D eigenvalue weighted by atomic mass is 10.1. The van der Waals surface area contributed by atoms with Crippen LogP contribution >= 0.6 is 11.6 Å². The minimum atomic E-state index is -0.369. The highest BCUT2D eigenvalue weighted by Crippen LogP contribution is 2.34. The number of aryl methyl sites for hydroxylation is 1. The number of hydrogen-bond donors (Lipinski definition) is 1. The van der Waals surface area contributed by atoms with Crippen molar-refractivity contribution in [3.63, 3.8) is 0 Å². The summed E-state index contributed by atoms with van der Waals surface area (Å²) in [6.45, 7) is 3.29. The van der Waals surface area contributed by atoms with Gasteiger partial charge >= 0.3 is 5.97 Å². The van der Waals surface area contributed by atoms with E-state index in [0.29, 0.717) is 10.8 Å². The van der Waals surface area contributed by atoms with Gasteiger partial charge in [0.15, 0.2) is 0 Å². The van der Waals surface area contributed by atoms with E-state index in [9.17, 15) is 4.79 Å². The molecule has 0 saturated heterocycles. The second kappa shape index (κ2) is 3.59. The van der Waals surface area contributed by atoms with E-state index in [2.05, 4.69) is 4.98 Å². The van der Waals surface area contributed by atoms with Gasteiger partial charge in [0.05, 0.1) is 10.5 Å². The number of halogens is 1. The largest absolute Gasteiger partial charge is 0.425 e. The maximum Gasteiger partial charge on any atom is 0.308 e. The maximum atomic E-state index is 10.9. The number of esters is 1. The number of fused-ring (bicyclic) bond motifs is 1. The number of aromatic nitrogens is 1. The Morgan fingerprint density at radius 3 is 2.93 bits per heavy atom. The molecule has 15 heavy (non-hydrogen) atoms. The molecule has 78 valence electrons. The minimum absolute atomic E-state index is 0.369. The molecule has 1 heterocycles. The van der Waals surface area contributed by atoms with Crippen LogP contribution in [0, 0.1) is 6.92 Å². The molecule has 2 rings (SSSR count). The summed E-state index contributed by atoms with van der Waals surface area (Å²) in [5, 5.41) is 1.33. The molecule has 0 aliphatic carbocycles. The predicted octanol–water partition coefficient (Wildman–Crippen LogP) is 3.06. The number of rotatable bonds is 1. The topological polar surface area (TPSA) is 42.1 Å². The van der Waals surface area contributed by atoms with Gasteiger partial charge in [0.1, 0.15) is 5.75 Å². The molecule has 3 nitrogen and oxygen atoms in total. The van der Waals surface area contributed by atoms with E-state index in [1.165, 1.54) is 6.92 Å². The first kappa shape index (κ1) is 10.1. The van der Waals surface area contributed by atoms with Gasteiger partial charge in [-0.3, -0.25) is 4.79 Å². The van der Waals surface area contributed by atoms with Crippen molar-refractivity contribution in [1.82, 2.24) is 4.98 Å². The van der Waals surface area contributed by atoms with Crippen LogP contribution in [-0.4, -0.2) is 11.0 Å². The van der Waals surface area contributed by atoms with E-state index in [-0.39, 0.29) is 5.97 Å². The molecule has 1 aromatic carbocycles. The maximum absolute atomic E-state index is 10.9. The molecule has 0 unspecified atom stereocenters. The lowest BCUT2D eigenvalue weighted by Crippen LogP contribution is -2.02. The lowest BCUT2D eigenvalue weighted by molar-refractivity contribution is -0.131. The van der Waals surface area contributed by atoms with E-state index in [0.717, 1.165) is 16.5 Å². The second-order valence-corrected chi connectivity index (χ2v) is 3.74. The average molecular weight is 224 g/mol. The molecule has 0 saturated carbocycles. The van der Waals surface area contributed by atoms with Crippen LogP contribution in [0.5, 0.6) is 5.75 Å². The molecule has 0 spiro atoms. The minimum Gasteiger partial charge on any atom is -0.425 e. The number of benzene rings is 1. The smallest absolute Gasteiger partial charge is 0.308 e. The SMILES string of the molecule is CC(=O)Oc1cc(C)c2[nH]ccc2c1Cl. The zero-order chi connectivity index (χ0) is 11.0. The molecule has 0 radical (unpaired) electrons. The van der Waals surface area contributed by atoms with Gasteiger partial charge in [-0.2, -0.15) is 0 Å². The predicted molar refractivity (Wildman–Crippen MR) is 59.4 cm³/mol. The van der Waals surface area contributed by atoms with Crippen molar-refractivity contribution in [2.45, 2.75) is 13.8 Å². The fourth-order valence-corrected chi connectivity index (χ4v) is 1.82. The van der Waals surface area contributed by atoms with Crippen molar-refractivity contribution in [3.05, 3.63) is 28.9 Å². The van der Waals surface area contributed by atoms with Crippen LogP contribution in [0.25, 0.3) is 10.9 Å². The molecule has 2 aromatic rings. The molecular weight excluding hydrogens is 214 g/mol. The number of hydrogen-bond acceptors (Lipinski definition) is 2. The second-order valence-electron chi connectivity index (χ2n) is 3.37. The lowest BCUT2D eigenvalue weighted by Gasteiger charge is -2.06. The molecule has 0 atom stereocenters. The molecule has 0 aliphatic heterocycles. The highest BCUT2D eigenvalue weighted by atomic mass is 35.5. The number of ether oxygens (including phenoxy) is 1. The quantitative estimate of drug-likeness (QED) is 0.596. The summed E-state index contributed by atoms with van der Waals surface area (Å²) in [7, 11) is 0. The molecule has 0 aliphatic rings. The third-order valence-corrected chi connectivity index (χ3v) is 2.59. The number of carbonyl (C=O) groups excluding carboxylic acids is 1. The number of nitrogens with one attached hydrogen (secondary N) is 1. The van der Waals surface area contributed by atoms with Crippen LogP contribution in [0.3, 0.4) is 0 Å². The van der Waals surface area contributed by atoms with Crippen LogP contribution in [0.4, 0.5) is 0 Å². The Hall–Kier alpha value is -1.48. The zero-order valence-electron chi connectivity index (χ0n) is 8.43. The highest BCUT2D eigenvalue weighted by Gasteiger charge is 2.11. The molecule has 1 N–H and O–H groups in total. The number of aromatic amines is 1. The Morgan fingerprint density at radius 1 is 1.53 bits per heavy atom. The first-order valence-electron chi connectivity index (χ1n) is 4.54. The fraction of sp³-hybridized carbons (Fsp3) is 0.182. The number of carbonyl (C=O) groups is 1. The molecule has 0 fully saturated rings. The summed E-state index contributed by atoms with van der Waals surface area (Å²) in [6, 6.07) is 3.61. The average Bonchev–Trinajstić information content (AvgIpc) is 2.61. The van der Waals surface area contributed by atoms with E-state index in [4.69, 9.17) is 16.3 Å². The van der Waals surface area contributed by atoms with Gasteiger partial charge in [-0.15, -0.1) is 0 Å². The van der Waals surface area contributed by atoms with Crippen molar-refractivity contribution in [3.8, 4) is 5.75 Å². The summed E-state index contributed by atoms with van der Waals surface area (Å²) in [5.74, 6) is 0.0416. The van der Waals surface area contributed by atoms with Gasteiger partial charge in [-0.1, -0.05) is 11.6 Å². The van der Waals surface area contributed by atoms with Gasteiger partial charge < -0.3 is 9.72 Å². The third-order valence-electron chi connectivity index (χ3n) is 2.20. The number of H-pyrrole nitrogens is 1. The van der Waals surface area contributed by atoms with Crippen molar-refractivity contribution < 1.29 is 9.53 Å². The van der Waals surface area contributed by atoms with Gasteiger partial charge in [0.2, 0.25) is 0 Å². The Balaban J connectivity index is 2.65. The molecule has 0 amide bonds. The monoisotopic (exact) mass is 223 g/mol. The van der Waals surface area contributed by atoms with Gasteiger partial charge in [-0.25, -0.2) is 0 Å². The summed E-state index contributed by atoms with van der Waals surface area (Å²) in [4.78, 5) is 13.9. The van der Waals surface area contributed by atoms with Crippen LogP contribution in [0.2, 0.25) is 5.02 Å². The summed E-state index contributed by atoms with van der Waals surface area (Å²) in [5.41, 5.74) is 1.96. The van der Waals surface area contributed by atoms with Crippen molar-refractivity contribution in [1.29, 1.82) is 0 Å². The zero-order valence-corrected chi connectivity index (χ0v) is 9.18. The van der Waals surface area contributed by atoms with Crippen molar-refractivity contribution in [2.24, 2.45) is 0 Å². The van der Waals surface area contributed by atoms with Crippen LogP contribution < -0.4 is 4.74 Å². The van der Waals surface area contributed by atoms with Crippen LogP contribution in [0.15, 0.2) is 18.3 Å². The van der Waals surface area contributed by atoms with E-state index < -0.39 is 0 Å². The van der Waals surface area contributed by atoms with Crippen LogP contribution in [0.1, 0.15) is 12.5 Å². The first-order valence-corrected chi connectivity index (χ1v) is 4.92. The first-order chi connectivity index (χ1) is 7.09. The Bertz CT molecular complexity index is 531.